The Kier molecular flexibility index (Phi) is 3.39. The van der Waals surface area contributed by atoms with Crippen LogP contribution in [0.1, 0.15) is 30.4 Å². The maximum atomic E-state index is 5.71. The number of hydrogen-bond donors (Lipinski definition) is 1. The topological polar surface area (TPSA) is 21.3 Å². The molecule has 0 amide bonds. The van der Waals surface area contributed by atoms with E-state index in [4.69, 9.17) is 4.74 Å². The second kappa shape index (κ2) is 4.99. The van der Waals surface area contributed by atoms with Gasteiger partial charge in [0.1, 0.15) is 5.75 Å². The van der Waals surface area contributed by atoms with Gasteiger partial charge in [0.15, 0.2) is 0 Å². The molecular formula is C14H18BrNO. The Morgan fingerprint density at radius 2 is 2.24 bits per heavy atom. The van der Waals surface area contributed by atoms with Crippen LogP contribution in [0.3, 0.4) is 0 Å². The summed E-state index contributed by atoms with van der Waals surface area (Å²) in [5, 5.41) is 3.53. The molecular weight excluding hydrogens is 278 g/mol. The van der Waals surface area contributed by atoms with Crippen LogP contribution in [-0.4, -0.2) is 13.2 Å². The Hall–Kier alpha value is -0.540. The fourth-order valence-corrected chi connectivity index (χ4v) is 2.97. The van der Waals surface area contributed by atoms with E-state index in [1.54, 1.807) is 0 Å². The minimum absolute atomic E-state index is 0.834. The van der Waals surface area contributed by atoms with Crippen molar-refractivity contribution in [2.75, 3.05) is 13.2 Å². The molecule has 3 heteroatoms. The quantitative estimate of drug-likeness (QED) is 0.842. The van der Waals surface area contributed by atoms with Crippen LogP contribution < -0.4 is 10.1 Å². The SMILES string of the molecule is Brc1cc2c(c(CNCCC3CC3)c1)OCC2. The molecule has 0 spiro atoms. The Morgan fingerprint density at radius 3 is 3.06 bits per heavy atom. The number of hydrogen-bond acceptors (Lipinski definition) is 2. The van der Waals surface area contributed by atoms with E-state index in [9.17, 15) is 0 Å². The van der Waals surface area contributed by atoms with Crippen molar-refractivity contribution in [2.24, 2.45) is 5.92 Å². The lowest BCUT2D eigenvalue weighted by atomic mass is 10.1. The first-order valence-corrected chi connectivity index (χ1v) is 7.27. The average molecular weight is 296 g/mol. The van der Waals surface area contributed by atoms with Crippen LogP contribution in [0, 0.1) is 5.92 Å². The minimum Gasteiger partial charge on any atom is -0.493 e. The van der Waals surface area contributed by atoms with Crippen molar-refractivity contribution in [1.82, 2.24) is 5.32 Å². The van der Waals surface area contributed by atoms with Gasteiger partial charge in [-0.3, -0.25) is 0 Å². The standard InChI is InChI=1S/C14H18BrNO/c15-13-7-11-4-6-17-14(11)12(8-13)9-16-5-3-10-1-2-10/h7-8,10,16H,1-6,9H2. The van der Waals surface area contributed by atoms with Gasteiger partial charge in [-0.1, -0.05) is 28.8 Å². The van der Waals surface area contributed by atoms with Crippen LogP contribution >= 0.6 is 15.9 Å². The van der Waals surface area contributed by atoms with Gasteiger partial charge >= 0.3 is 0 Å². The molecule has 0 radical (unpaired) electrons. The van der Waals surface area contributed by atoms with Crippen molar-refractivity contribution in [1.29, 1.82) is 0 Å². The summed E-state index contributed by atoms with van der Waals surface area (Å²) >= 11 is 3.57. The molecule has 92 valence electrons. The van der Waals surface area contributed by atoms with Crippen molar-refractivity contribution in [3.63, 3.8) is 0 Å². The molecule has 3 rings (SSSR count). The first-order valence-electron chi connectivity index (χ1n) is 6.48. The molecule has 1 saturated carbocycles. The van der Waals surface area contributed by atoms with Gasteiger partial charge in [0, 0.05) is 23.0 Å². The van der Waals surface area contributed by atoms with E-state index < -0.39 is 0 Å². The molecule has 1 N–H and O–H groups in total. The summed E-state index contributed by atoms with van der Waals surface area (Å²) < 4.78 is 6.88. The Bertz CT molecular complexity index is 415. The van der Waals surface area contributed by atoms with Gasteiger partial charge < -0.3 is 10.1 Å². The van der Waals surface area contributed by atoms with Crippen LogP contribution in [0.4, 0.5) is 0 Å². The van der Waals surface area contributed by atoms with E-state index in [0.29, 0.717) is 0 Å². The maximum Gasteiger partial charge on any atom is 0.127 e. The van der Waals surface area contributed by atoms with Crippen molar-refractivity contribution in [3.05, 3.63) is 27.7 Å². The largest absolute Gasteiger partial charge is 0.493 e. The predicted molar refractivity (Wildman–Crippen MR) is 72.4 cm³/mol. The highest BCUT2D eigenvalue weighted by atomic mass is 79.9. The highest BCUT2D eigenvalue weighted by Gasteiger charge is 2.20. The molecule has 1 aliphatic heterocycles. The molecule has 2 nitrogen and oxygen atoms in total. The predicted octanol–water partition coefficient (Wildman–Crippen LogP) is 3.27. The zero-order valence-electron chi connectivity index (χ0n) is 9.97. The number of benzene rings is 1. The zero-order valence-corrected chi connectivity index (χ0v) is 11.6. The zero-order chi connectivity index (χ0) is 11.7. The van der Waals surface area contributed by atoms with E-state index in [0.717, 1.165) is 37.8 Å². The van der Waals surface area contributed by atoms with Gasteiger partial charge in [-0.15, -0.1) is 0 Å². The maximum absolute atomic E-state index is 5.71. The fraction of sp³-hybridized carbons (Fsp3) is 0.571. The van der Waals surface area contributed by atoms with Crippen LogP contribution in [0.25, 0.3) is 0 Å². The van der Waals surface area contributed by atoms with Gasteiger partial charge in [-0.2, -0.15) is 0 Å². The summed E-state index contributed by atoms with van der Waals surface area (Å²) in [6.07, 6.45) is 5.26. The minimum atomic E-state index is 0.834. The number of ether oxygens (including phenoxy) is 1. The molecule has 2 aliphatic rings. The molecule has 0 atom stereocenters. The van der Waals surface area contributed by atoms with E-state index >= 15 is 0 Å². The van der Waals surface area contributed by atoms with Gasteiger partial charge in [-0.25, -0.2) is 0 Å². The molecule has 0 bridgehead atoms. The van der Waals surface area contributed by atoms with Crippen LogP contribution in [-0.2, 0) is 13.0 Å². The third-order valence-electron chi connectivity index (χ3n) is 3.57. The lowest BCUT2D eigenvalue weighted by Gasteiger charge is -2.10. The number of nitrogens with one attached hydrogen (secondary N) is 1. The molecule has 1 aliphatic carbocycles. The number of halogens is 1. The highest BCUT2D eigenvalue weighted by molar-refractivity contribution is 9.10. The Morgan fingerprint density at radius 1 is 1.35 bits per heavy atom. The Labute approximate surface area is 111 Å². The van der Waals surface area contributed by atoms with Gasteiger partial charge in [0.2, 0.25) is 0 Å². The summed E-state index contributed by atoms with van der Waals surface area (Å²) in [6, 6.07) is 4.35. The molecule has 17 heavy (non-hydrogen) atoms. The van der Waals surface area contributed by atoms with Crippen LogP contribution in [0.15, 0.2) is 16.6 Å². The summed E-state index contributed by atoms with van der Waals surface area (Å²) in [5.41, 5.74) is 2.64. The highest BCUT2D eigenvalue weighted by Crippen LogP contribution is 2.33. The first kappa shape index (κ1) is 11.5. The molecule has 1 heterocycles. The lowest BCUT2D eigenvalue weighted by molar-refractivity contribution is 0.352. The van der Waals surface area contributed by atoms with Gasteiger partial charge in [0.05, 0.1) is 6.61 Å². The lowest BCUT2D eigenvalue weighted by Crippen LogP contribution is -2.15. The average Bonchev–Trinajstić information content (AvgIpc) is 3.01. The monoisotopic (exact) mass is 295 g/mol. The van der Waals surface area contributed by atoms with E-state index in [1.165, 1.54) is 34.9 Å². The fourth-order valence-electron chi connectivity index (χ4n) is 2.41. The molecule has 0 unspecified atom stereocenters. The van der Waals surface area contributed by atoms with E-state index in [-0.39, 0.29) is 0 Å². The Balaban J connectivity index is 1.61. The van der Waals surface area contributed by atoms with Crippen molar-refractivity contribution < 1.29 is 4.74 Å². The smallest absolute Gasteiger partial charge is 0.127 e. The molecule has 1 aromatic rings. The van der Waals surface area contributed by atoms with Crippen LogP contribution in [0.2, 0.25) is 0 Å². The molecule has 1 aromatic carbocycles. The summed E-state index contributed by atoms with van der Waals surface area (Å²) in [7, 11) is 0. The van der Waals surface area contributed by atoms with Gasteiger partial charge in [0.25, 0.3) is 0 Å². The normalized spacial score (nSPS) is 17.9. The molecule has 1 fully saturated rings. The number of fused-ring (bicyclic) bond motifs is 1. The molecule has 0 saturated heterocycles. The van der Waals surface area contributed by atoms with Crippen LogP contribution in [0.5, 0.6) is 5.75 Å². The third-order valence-corrected chi connectivity index (χ3v) is 4.02. The second-order valence-electron chi connectivity index (χ2n) is 5.06. The van der Waals surface area contributed by atoms with Crippen molar-refractivity contribution >= 4 is 15.9 Å². The number of rotatable bonds is 5. The van der Waals surface area contributed by atoms with Gasteiger partial charge in [-0.05, 0) is 36.6 Å². The van der Waals surface area contributed by atoms with E-state index in [2.05, 4.69) is 33.4 Å². The molecule has 0 aromatic heterocycles. The van der Waals surface area contributed by atoms with Crippen molar-refractivity contribution in [3.8, 4) is 5.75 Å². The van der Waals surface area contributed by atoms with Crippen molar-refractivity contribution in [2.45, 2.75) is 32.2 Å². The third kappa shape index (κ3) is 2.83. The summed E-state index contributed by atoms with van der Waals surface area (Å²) in [6.45, 7) is 2.89. The first-order chi connectivity index (χ1) is 8.33. The second-order valence-corrected chi connectivity index (χ2v) is 5.98. The summed E-state index contributed by atoms with van der Waals surface area (Å²) in [4.78, 5) is 0. The summed E-state index contributed by atoms with van der Waals surface area (Å²) in [5.74, 6) is 2.12. The van der Waals surface area contributed by atoms with E-state index in [1.807, 2.05) is 0 Å².